The Morgan fingerprint density at radius 3 is 1.69 bits per heavy atom. The van der Waals surface area contributed by atoms with Crippen molar-refractivity contribution in [2.75, 3.05) is 0 Å². The van der Waals surface area contributed by atoms with Gasteiger partial charge in [0.2, 0.25) is 5.89 Å². The summed E-state index contributed by atoms with van der Waals surface area (Å²) < 4.78 is 4.86. The number of rotatable bonds is 1. The van der Waals surface area contributed by atoms with E-state index >= 15 is 0 Å². The molecule has 0 fully saturated rings. The fraction of sp³-hybridized carbons (Fsp3) is 0.800. The Morgan fingerprint density at radius 1 is 1.08 bits per heavy atom. The van der Waals surface area contributed by atoms with Gasteiger partial charge in [-0.05, 0) is 6.92 Å². The van der Waals surface area contributed by atoms with Crippen molar-refractivity contribution < 1.29 is 4.52 Å². The van der Waals surface area contributed by atoms with E-state index in [1.165, 1.54) is 0 Å². The molecule has 0 unspecified atom stereocenters. The lowest BCUT2D eigenvalue weighted by molar-refractivity contribution is 0.362. The predicted molar refractivity (Wildman–Crippen MR) is 55.8 cm³/mol. The summed E-state index contributed by atoms with van der Waals surface area (Å²) >= 11 is 0. The summed E-state index contributed by atoms with van der Waals surface area (Å²) in [5, 5.41) is 3.65. The molecule has 1 rings (SSSR count). The Kier molecular flexibility index (Phi) is 10.4. The van der Waals surface area contributed by atoms with E-state index in [1.807, 2.05) is 48.5 Å². The van der Waals surface area contributed by atoms with Crippen LogP contribution in [0.1, 0.15) is 59.2 Å². The molecule has 1 heterocycles. The van der Waals surface area contributed by atoms with Crippen molar-refractivity contribution in [1.29, 1.82) is 0 Å². The summed E-state index contributed by atoms with van der Waals surface area (Å²) in [5.74, 6) is 1.76. The second kappa shape index (κ2) is 9.23. The van der Waals surface area contributed by atoms with Crippen LogP contribution in [-0.4, -0.2) is 10.1 Å². The van der Waals surface area contributed by atoms with E-state index in [0.29, 0.717) is 17.6 Å². The van der Waals surface area contributed by atoms with Gasteiger partial charge in [0.25, 0.3) is 0 Å². The summed E-state index contributed by atoms with van der Waals surface area (Å²) in [7, 11) is 0. The normalized spacial score (nSPS) is 8.31. The number of aryl methyl sites for hydroxylation is 1. The van der Waals surface area contributed by atoms with Crippen LogP contribution in [0.5, 0.6) is 0 Å². The third-order valence-electron chi connectivity index (χ3n) is 1.04. The third kappa shape index (κ3) is 6.31. The van der Waals surface area contributed by atoms with Gasteiger partial charge in [-0.25, -0.2) is 0 Å². The van der Waals surface area contributed by atoms with Crippen molar-refractivity contribution in [3.63, 3.8) is 0 Å². The number of hydrogen-bond acceptors (Lipinski definition) is 3. The summed E-state index contributed by atoms with van der Waals surface area (Å²) in [4.78, 5) is 4.03. The van der Waals surface area contributed by atoms with Gasteiger partial charge in [0.15, 0.2) is 5.82 Å². The number of nitrogens with zero attached hydrogens (tertiary/aromatic N) is 2. The van der Waals surface area contributed by atoms with E-state index in [0.717, 1.165) is 0 Å². The minimum atomic E-state index is 0.339. The molecule has 3 nitrogen and oxygen atoms in total. The van der Waals surface area contributed by atoms with Crippen LogP contribution < -0.4 is 0 Å². The predicted octanol–water partition coefficient (Wildman–Crippen LogP) is 3.55. The monoisotopic (exact) mass is 186 g/mol. The minimum absolute atomic E-state index is 0.339. The lowest BCUT2D eigenvalue weighted by atomic mass is 10.2. The Bertz CT molecular complexity index is 195. The van der Waals surface area contributed by atoms with E-state index < -0.39 is 0 Å². The van der Waals surface area contributed by atoms with Crippen molar-refractivity contribution in [2.45, 2.75) is 54.4 Å². The fourth-order valence-corrected chi connectivity index (χ4v) is 0.548. The third-order valence-corrected chi connectivity index (χ3v) is 1.04. The zero-order valence-electron chi connectivity index (χ0n) is 9.88. The molecule has 0 atom stereocenters. The van der Waals surface area contributed by atoms with Gasteiger partial charge in [-0.2, -0.15) is 4.98 Å². The summed E-state index contributed by atoms with van der Waals surface area (Å²) in [6, 6.07) is 0. The lowest BCUT2D eigenvalue weighted by Crippen LogP contribution is -1.85. The van der Waals surface area contributed by atoms with Crippen LogP contribution in [-0.2, 0) is 0 Å². The zero-order chi connectivity index (χ0) is 10.9. The van der Waals surface area contributed by atoms with Gasteiger partial charge >= 0.3 is 0 Å². The molecule has 0 bridgehead atoms. The second-order valence-electron chi connectivity index (χ2n) is 2.33. The topological polar surface area (TPSA) is 38.9 Å². The Balaban J connectivity index is 0. The molecule has 3 heteroatoms. The molecular weight excluding hydrogens is 164 g/mol. The summed E-state index contributed by atoms with van der Waals surface area (Å²) in [6.45, 7) is 13.9. The Labute approximate surface area is 81.5 Å². The molecule has 0 aliphatic carbocycles. The molecule has 0 aromatic carbocycles. The molecule has 1 aromatic rings. The standard InChI is InChI=1S/C6H10N2O.2C2H6/c1-4(2)6-7-5(3)8-9-6;2*1-2/h4H,1-3H3;2*1-2H3. The quantitative estimate of drug-likeness (QED) is 0.673. The maximum Gasteiger partial charge on any atom is 0.229 e. The average molecular weight is 186 g/mol. The molecule has 0 spiro atoms. The molecule has 1 aromatic heterocycles. The Morgan fingerprint density at radius 2 is 1.54 bits per heavy atom. The van der Waals surface area contributed by atoms with Crippen LogP contribution in [0.15, 0.2) is 4.52 Å². The highest BCUT2D eigenvalue weighted by Crippen LogP contribution is 2.09. The van der Waals surface area contributed by atoms with Crippen LogP contribution in [0.25, 0.3) is 0 Å². The first-order valence-electron chi connectivity index (χ1n) is 5.00. The molecule has 0 radical (unpaired) electrons. The van der Waals surface area contributed by atoms with E-state index in [2.05, 4.69) is 10.1 Å². The van der Waals surface area contributed by atoms with Crippen molar-refractivity contribution in [3.8, 4) is 0 Å². The van der Waals surface area contributed by atoms with Gasteiger partial charge in [-0.15, -0.1) is 0 Å². The smallest absolute Gasteiger partial charge is 0.229 e. The summed E-state index contributed by atoms with van der Waals surface area (Å²) in [5.41, 5.74) is 0. The molecule has 0 amide bonds. The minimum Gasteiger partial charge on any atom is -0.339 e. The van der Waals surface area contributed by atoms with E-state index in [-0.39, 0.29) is 0 Å². The van der Waals surface area contributed by atoms with Gasteiger partial charge in [0.05, 0.1) is 0 Å². The van der Waals surface area contributed by atoms with Gasteiger partial charge in [0, 0.05) is 5.92 Å². The average Bonchev–Trinajstić information content (AvgIpc) is 2.59. The van der Waals surface area contributed by atoms with Crippen LogP contribution in [0.2, 0.25) is 0 Å². The first-order chi connectivity index (χ1) is 6.20. The maximum atomic E-state index is 4.86. The number of aromatic nitrogens is 2. The molecular formula is C10H22N2O. The van der Waals surface area contributed by atoms with Crippen LogP contribution in [0.4, 0.5) is 0 Å². The van der Waals surface area contributed by atoms with Crippen LogP contribution in [0.3, 0.4) is 0 Å². The molecule has 0 aliphatic rings. The van der Waals surface area contributed by atoms with Gasteiger partial charge in [0.1, 0.15) is 0 Å². The van der Waals surface area contributed by atoms with Crippen LogP contribution >= 0.6 is 0 Å². The van der Waals surface area contributed by atoms with Crippen molar-refractivity contribution in [2.24, 2.45) is 0 Å². The van der Waals surface area contributed by atoms with Gasteiger partial charge < -0.3 is 4.52 Å². The SMILES string of the molecule is CC.CC.Cc1noc(C(C)C)n1. The molecule has 0 saturated heterocycles. The zero-order valence-corrected chi connectivity index (χ0v) is 9.88. The number of hydrogen-bond donors (Lipinski definition) is 0. The largest absolute Gasteiger partial charge is 0.339 e. The molecule has 78 valence electrons. The van der Waals surface area contributed by atoms with E-state index in [1.54, 1.807) is 0 Å². The van der Waals surface area contributed by atoms with E-state index in [9.17, 15) is 0 Å². The van der Waals surface area contributed by atoms with Crippen LogP contribution in [0, 0.1) is 6.92 Å². The Hall–Kier alpha value is -0.860. The van der Waals surface area contributed by atoms with E-state index in [4.69, 9.17) is 4.52 Å². The lowest BCUT2D eigenvalue weighted by Gasteiger charge is -1.91. The molecule has 0 aliphatic heterocycles. The molecule has 0 N–H and O–H groups in total. The van der Waals surface area contributed by atoms with Gasteiger partial charge in [-0.3, -0.25) is 0 Å². The van der Waals surface area contributed by atoms with Crippen molar-refractivity contribution >= 4 is 0 Å². The highest BCUT2D eigenvalue weighted by Gasteiger charge is 2.05. The first kappa shape index (κ1) is 14.7. The summed E-state index contributed by atoms with van der Waals surface area (Å²) in [6.07, 6.45) is 0. The first-order valence-corrected chi connectivity index (χ1v) is 5.00. The van der Waals surface area contributed by atoms with Crippen molar-refractivity contribution in [3.05, 3.63) is 11.7 Å². The second-order valence-corrected chi connectivity index (χ2v) is 2.33. The van der Waals surface area contributed by atoms with Gasteiger partial charge in [-0.1, -0.05) is 46.7 Å². The fourth-order valence-electron chi connectivity index (χ4n) is 0.548. The maximum absolute atomic E-state index is 4.86. The highest BCUT2D eigenvalue weighted by atomic mass is 16.5. The van der Waals surface area contributed by atoms with Crippen molar-refractivity contribution in [1.82, 2.24) is 10.1 Å². The molecule has 13 heavy (non-hydrogen) atoms. The highest BCUT2D eigenvalue weighted by molar-refractivity contribution is 4.87. The molecule has 0 saturated carbocycles.